The van der Waals surface area contributed by atoms with Crippen LogP contribution in [0.3, 0.4) is 0 Å². The summed E-state index contributed by atoms with van der Waals surface area (Å²) < 4.78 is 10.3. The van der Waals surface area contributed by atoms with Gasteiger partial charge in [-0.25, -0.2) is 4.79 Å². The minimum Gasteiger partial charge on any atom is -0.468 e. The van der Waals surface area contributed by atoms with Crippen LogP contribution in [0, 0.1) is 5.92 Å². The van der Waals surface area contributed by atoms with Crippen molar-refractivity contribution in [3.05, 3.63) is 0 Å². The third-order valence-electron chi connectivity index (χ3n) is 4.16. The van der Waals surface area contributed by atoms with Gasteiger partial charge < -0.3 is 14.8 Å². The molecule has 1 rings (SSSR count). The van der Waals surface area contributed by atoms with Crippen LogP contribution in [0.5, 0.6) is 0 Å². The Morgan fingerprint density at radius 3 is 2.47 bits per heavy atom. The molecule has 19 heavy (non-hydrogen) atoms. The van der Waals surface area contributed by atoms with Crippen LogP contribution in [-0.2, 0) is 14.3 Å². The molecule has 0 spiro atoms. The molecule has 0 saturated heterocycles. The van der Waals surface area contributed by atoms with Gasteiger partial charge in [-0.2, -0.15) is 0 Å². The highest BCUT2D eigenvalue weighted by molar-refractivity contribution is 5.82. The number of hydrogen-bond acceptors (Lipinski definition) is 5. The predicted molar refractivity (Wildman–Crippen MR) is 75.1 cm³/mol. The number of esters is 1. The molecule has 0 heterocycles. The molecule has 0 bridgehead atoms. The van der Waals surface area contributed by atoms with Crippen LogP contribution >= 0.6 is 0 Å². The zero-order chi connectivity index (χ0) is 14.5. The Morgan fingerprint density at radius 2 is 2.11 bits per heavy atom. The number of ether oxygens (including phenoxy) is 2. The summed E-state index contributed by atoms with van der Waals surface area (Å²) in [4.78, 5) is 14.5. The van der Waals surface area contributed by atoms with Gasteiger partial charge in [0.1, 0.15) is 5.54 Å². The first-order valence-electron chi connectivity index (χ1n) is 7.06. The van der Waals surface area contributed by atoms with E-state index >= 15 is 0 Å². The molecule has 1 aliphatic carbocycles. The smallest absolute Gasteiger partial charge is 0.327 e. The molecule has 1 N–H and O–H groups in total. The van der Waals surface area contributed by atoms with Gasteiger partial charge in [0.15, 0.2) is 0 Å². The van der Waals surface area contributed by atoms with Gasteiger partial charge in [-0.15, -0.1) is 0 Å². The molecule has 1 fully saturated rings. The van der Waals surface area contributed by atoms with Crippen LogP contribution in [0.1, 0.15) is 26.7 Å². The first-order chi connectivity index (χ1) is 9.05. The maximum absolute atomic E-state index is 12.2. The van der Waals surface area contributed by atoms with Crippen molar-refractivity contribution in [2.24, 2.45) is 5.92 Å². The quantitative estimate of drug-likeness (QED) is 0.632. The molecule has 2 atom stereocenters. The molecule has 2 unspecified atom stereocenters. The van der Waals surface area contributed by atoms with Crippen LogP contribution in [0.25, 0.3) is 0 Å². The Kier molecular flexibility index (Phi) is 6.23. The molecule has 0 aromatic carbocycles. The number of rotatable bonds is 9. The third kappa shape index (κ3) is 3.68. The summed E-state index contributed by atoms with van der Waals surface area (Å²) in [5.74, 6) is 0.231. The molecule has 1 saturated carbocycles. The van der Waals surface area contributed by atoms with E-state index in [-0.39, 0.29) is 12.0 Å². The van der Waals surface area contributed by atoms with Crippen molar-refractivity contribution in [3.8, 4) is 0 Å². The lowest BCUT2D eigenvalue weighted by Gasteiger charge is -2.38. The van der Waals surface area contributed by atoms with Gasteiger partial charge in [0, 0.05) is 19.7 Å². The van der Waals surface area contributed by atoms with Crippen LogP contribution in [0.2, 0.25) is 0 Å². The van der Waals surface area contributed by atoms with E-state index in [0.717, 1.165) is 19.4 Å². The number of nitrogens with one attached hydrogen (secondary N) is 1. The minimum atomic E-state index is -0.577. The van der Waals surface area contributed by atoms with E-state index in [1.165, 1.54) is 7.11 Å². The number of nitrogens with zero attached hydrogens (tertiary/aromatic N) is 1. The van der Waals surface area contributed by atoms with Gasteiger partial charge >= 0.3 is 5.97 Å². The van der Waals surface area contributed by atoms with Crippen molar-refractivity contribution in [3.63, 3.8) is 0 Å². The van der Waals surface area contributed by atoms with E-state index in [9.17, 15) is 4.79 Å². The first kappa shape index (κ1) is 16.4. The summed E-state index contributed by atoms with van der Waals surface area (Å²) in [5.41, 5.74) is -0.577. The maximum Gasteiger partial charge on any atom is 0.327 e. The van der Waals surface area contributed by atoms with Crippen molar-refractivity contribution in [2.75, 3.05) is 41.0 Å². The Balaban J connectivity index is 2.83. The number of carbonyl (C=O) groups excluding carboxylic acids is 1. The van der Waals surface area contributed by atoms with Crippen LogP contribution in [0.4, 0.5) is 0 Å². The average Bonchev–Trinajstić information content (AvgIpc) is 3.25. The molecule has 5 heteroatoms. The normalized spacial score (nSPS) is 20.1. The van der Waals surface area contributed by atoms with E-state index in [2.05, 4.69) is 24.1 Å². The second kappa shape index (κ2) is 7.22. The summed E-state index contributed by atoms with van der Waals surface area (Å²) >= 11 is 0. The molecule has 0 aromatic heterocycles. The molecule has 0 aliphatic heterocycles. The topological polar surface area (TPSA) is 50.8 Å². The molecule has 112 valence electrons. The van der Waals surface area contributed by atoms with Gasteiger partial charge in [-0.1, -0.05) is 6.92 Å². The second-order valence-electron chi connectivity index (χ2n) is 5.35. The summed E-state index contributed by atoms with van der Waals surface area (Å²) in [6, 6.07) is 0.283. The Hall–Kier alpha value is -0.650. The van der Waals surface area contributed by atoms with Crippen LogP contribution in [0.15, 0.2) is 0 Å². The molecule has 0 aromatic rings. The van der Waals surface area contributed by atoms with Gasteiger partial charge in [0.05, 0.1) is 13.7 Å². The van der Waals surface area contributed by atoms with Crippen LogP contribution < -0.4 is 5.32 Å². The van der Waals surface area contributed by atoms with Gasteiger partial charge in [0.25, 0.3) is 0 Å². The number of methoxy groups -OCH3 is 2. The number of likely N-dealkylation sites (N-methyl/N-ethyl adjacent to an activating group) is 2. The lowest BCUT2D eigenvalue weighted by atomic mass is 9.92. The van der Waals surface area contributed by atoms with E-state index in [4.69, 9.17) is 9.47 Å². The Labute approximate surface area is 116 Å². The number of carbonyl (C=O) groups is 1. The fourth-order valence-corrected chi connectivity index (χ4v) is 2.75. The van der Waals surface area contributed by atoms with E-state index in [1.54, 1.807) is 7.11 Å². The fraction of sp³-hybridized carbons (Fsp3) is 0.929. The van der Waals surface area contributed by atoms with Gasteiger partial charge in [-0.3, -0.25) is 4.90 Å². The highest BCUT2D eigenvalue weighted by Gasteiger charge is 2.51. The average molecular weight is 272 g/mol. The molecule has 1 aliphatic rings. The summed E-state index contributed by atoms with van der Waals surface area (Å²) in [6.45, 7) is 6.45. The SMILES string of the molecule is CCN(CC(NC)(C(=O)OC)C1CC1)C(C)COC. The van der Waals surface area contributed by atoms with E-state index < -0.39 is 5.54 Å². The molecular weight excluding hydrogens is 244 g/mol. The number of hydrogen-bond donors (Lipinski definition) is 1. The maximum atomic E-state index is 12.2. The van der Waals surface area contributed by atoms with Gasteiger partial charge in [0.2, 0.25) is 0 Å². The largest absolute Gasteiger partial charge is 0.468 e. The lowest BCUT2D eigenvalue weighted by Crippen LogP contribution is -2.61. The van der Waals surface area contributed by atoms with Crippen molar-refractivity contribution in [1.82, 2.24) is 10.2 Å². The predicted octanol–water partition coefficient (Wildman–Crippen LogP) is 0.884. The zero-order valence-electron chi connectivity index (χ0n) is 12.9. The van der Waals surface area contributed by atoms with Crippen LogP contribution in [-0.4, -0.2) is 63.4 Å². The van der Waals surface area contributed by atoms with Crippen molar-refractivity contribution < 1.29 is 14.3 Å². The highest BCUT2D eigenvalue weighted by atomic mass is 16.5. The Bertz CT molecular complexity index is 294. The minimum absolute atomic E-state index is 0.152. The lowest BCUT2D eigenvalue weighted by molar-refractivity contribution is -0.151. The highest BCUT2D eigenvalue weighted by Crippen LogP contribution is 2.41. The van der Waals surface area contributed by atoms with Crippen molar-refractivity contribution in [1.29, 1.82) is 0 Å². The van der Waals surface area contributed by atoms with Crippen molar-refractivity contribution in [2.45, 2.75) is 38.3 Å². The van der Waals surface area contributed by atoms with Gasteiger partial charge in [-0.05, 0) is 39.3 Å². The third-order valence-corrected chi connectivity index (χ3v) is 4.16. The van der Waals surface area contributed by atoms with E-state index in [0.29, 0.717) is 19.1 Å². The monoisotopic (exact) mass is 272 g/mol. The van der Waals surface area contributed by atoms with Crippen molar-refractivity contribution >= 4 is 5.97 Å². The molecular formula is C14H28N2O3. The second-order valence-corrected chi connectivity index (χ2v) is 5.35. The summed E-state index contributed by atoms with van der Waals surface area (Å²) in [6.07, 6.45) is 2.18. The molecule has 0 radical (unpaired) electrons. The zero-order valence-corrected chi connectivity index (χ0v) is 12.9. The Morgan fingerprint density at radius 1 is 1.47 bits per heavy atom. The summed E-state index contributed by atoms with van der Waals surface area (Å²) in [5, 5.41) is 3.23. The molecule has 0 amide bonds. The first-order valence-corrected chi connectivity index (χ1v) is 7.06. The fourth-order valence-electron chi connectivity index (χ4n) is 2.75. The summed E-state index contributed by atoms with van der Waals surface area (Å²) in [7, 11) is 5.02. The van der Waals surface area contributed by atoms with E-state index in [1.807, 2.05) is 7.05 Å². The molecule has 5 nitrogen and oxygen atoms in total. The standard InChI is InChI=1S/C14H28N2O3/c1-6-16(11(2)9-18-4)10-14(15-3,12-7-8-12)13(17)19-5/h11-12,15H,6-10H2,1-5H3.